The molecule has 1 aromatic carbocycles. The molecule has 0 saturated carbocycles. The van der Waals surface area contributed by atoms with Crippen molar-refractivity contribution >= 4 is 15.9 Å². The van der Waals surface area contributed by atoms with Crippen molar-refractivity contribution in [2.75, 3.05) is 19.7 Å². The molecule has 3 aromatic rings. The number of nitrogens with one attached hydrogen (secondary N) is 2. The molecule has 0 unspecified atom stereocenters. The maximum Gasteiger partial charge on any atom is 0.276 e. The van der Waals surface area contributed by atoms with E-state index in [0.29, 0.717) is 37.4 Å². The van der Waals surface area contributed by atoms with E-state index in [1.165, 1.54) is 10.4 Å². The van der Waals surface area contributed by atoms with Gasteiger partial charge in [-0.1, -0.05) is 12.1 Å². The van der Waals surface area contributed by atoms with Gasteiger partial charge in [0.2, 0.25) is 11.0 Å². The number of aromatic amines is 1. The average Bonchev–Trinajstić information content (AvgIpc) is 3.52. The van der Waals surface area contributed by atoms with Crippen LogP contribution in [0.1, 0.15) is 38.3 Å². The van der Waals surface area contributed by atoms with Crippen LogP contribution < -0.4 is 10.1 Å². The summed E-state index contributed by atoms with van der Waals surface area (Å²) in [6, 6.07) is 12.1. The van der Waals surface area contributed by atoms with E-state index in [1.54, 1.807) is 18.3 Å². The summed E-state index contributed by atoms with van der Waals surface area (Å²) in [5, 5.41) is 9.47. The quantitative estimate of drug-likeness (QED) is 0.519. The SMILES string of the molecule is CCOc1ccc([C@@H](C)NC(=O)[C@@H]2CCCN(S(=O)(=O)c3ccc(-c4ccn[nH]4)o3)C2)cc1. The zero-order valence-electron chi connectivity index (χ0n) is 18.7. The number of benzene rings is 1. The van der Waals surface area contributed by atoms with Gasteiger partial charge in [-0.3, -0.25) is 9.89 Å². The lowest BCUT2D eigenvalue weighted by Gasteiger charge is -2.31. The molecule has 0 aliphatic carbocycles. The fourth-order valence-electron chi connectivity index (χ4n) is 3.93. The minimum atomic E-state index is -3.85. The van der Waals surface area contributed by atoms with Crippen molar-refractivity contribution < 1.29 is 22.4 Å². The number of H-pyrrole nitrogens is 1. The number of sulfonamides is 1. The van der Waals surface area contributed by atoms with Crippen molar-refractivity contribution in [3.63, 3.8) is 0 Å². The number of ether oxygens (including phenoxy) is 1. The van der Waals surface area contributed by atoms with E-state index < -0.39 is 15.9 Å². The Kier molecular flexibility index (Phi) is 6.85. The van der Waals surface area contributed by atoms with Crippen LogP contribution in [0, 0.1) is 5.92 Å². The number of carbonyl (C=O) groups is 1. The number of rotatable bonds is 8. The van der Waals surface area contributed by atoms with Crippen LogP contribution in [0.4, 0.5) is 0 Å². The van der Waals surface area contributed by atoms with Crippen molar-refractivity contribution in [3.05, 3.63) is 54.2 Å². The summed E-state index contributed by atoms with van der Waals surface area (Å²) < 4.78 is 38.6. The Bertz CT molecular complexity index is 1170. The molecule has 2 N–H and O–H groups in total. The van der Waals surface area contributed by atoms with E-state index >= 15 is 0 Å². The van der Waals surface area contributed by atoms with E-state index in [2.05, 4.69) is 15.5 Å². The van der Waals surface area contributed by atoms with E-state index in [9.17, 15) is 13.2 Å². The number of furan rings is 1. The molecule has 2 atom stereocenters. The third-order valence-corrected chi connectivity index (χ3v) is 7.49. The van der Waals surface area contributed by atoms with E-state index in [-0.39, 0.29) is 23.6 Å². The summed E-state index contributed by atoms with van der Waals surface area (Å²) >= 11 is 0. The molecule has 2 aromatic heterocycles. The van der Waals surface area contributed by atoms with Crippen LogP contribution >= 0.6 is 0 Å². The predicted octanol–water partition coefficient (Wildman–Crippen LogP) is 3.35. The van der Waals surface area contributed by atoms with Gasteiger partial charge >= 0.3 is 0 Å². The van der Waals surface area contributed by atoms with Crippen molar-refractivity contribution in [3.8, 4) is 17.2 Å². The summed E-state index contributed by atoms with van der Waals surface area (Å²) in [4.78, 5) is 12.9. The van der Waals surface area contributed by atoms with Crippen LogP contribution in [-0.2, 0) is 14.8 Å². The smallest absolute Gasteiger partial charge is 0.276 e. The predicted molar refractivity (Wildman–Crippen MR) is 122 cm³/mol. The standard InChI is InChI=1S/C23H28N4O5S/c1-3-31-19-8-6-17(7-9-19)16(2)25-23(28)18-5-4-14-27(15-18)33(29,30)22-11-10-21(32-22)20-12-13-24-26-20/h6-13,16,18H,3-5,14-15H2,1-2H3,(H,24,26)(H,25,28)/t16-,18-/m1/s1. The molecule has 1 aliphatic heterocycles. The Morgan fingerprint density at radius 1 is 1.27 bits per heavy atom. The minimum Gasteiger partial charge on any atom is -0.494 e. The molecule has 176 valence electrons. The summed E-state index contributed by atoms with van der Waals surface area (Å²) in [5.41, 5.74) is 1.55. The molecule has 1 saturated heterocycles. The lowest BCUT2D eigenvalue weighted by atomic mass is 9.98. The topological polar surface area (TPSA) is 118 Å². The molecule has 3 heterocycles. The molecule has 4 rings (SSSR count). The van der Waals surface area contributed by atoms with E-state index in [4.69, 9.17) is 9.15 Å². The van der Waals surface area contributed by atoms with Gasteiger partial charge in [-0.15, -0.1) is 0 Å². The summed E-state index contributed by atoms with van der Waals surface area (Å²) in [6.45, 7) is 4.89. The van der Waals surface area contributed by atoms with Crippen LogP contribution in [-0.4, -0.2) is 48.5 Å². The van der Waals surface area contributed by atoms with Crippen LogP contribution in [0.25, 0.3) is 11.5 Å². The van der Waals surface area contributed by atoms with Crippen LogP contribution in [0.3, 0.4) is 0 Å². The second kappa shape index (κ2) is 9.80. The molecule has 0 spiro atoms. The van der Waals surface area contributed by atoms with Crippen molar-refractivity contribution in [2.45, 2.75) is 37.8 Å². The van der Waals surface area contributed by atoms with Gasteiger partial charge in [-0.05, 0) is 62.6 Å². The zero-order chi connectivity index (χ0) is 23.4. The van der Waals surface area contributed by atoms with Gasteiger partial charge < -0.3 is 14.5 Å². The molecule has 9 nitrogen and oxygen atoms in total. The highest BCUT2D eigenvalue weighted by molar-refractivity contribution is 7.89. The lowest BCUT2D eigenvalue weighted by molar-refractivity contribution is -0.126. The Hall–Kier alpha value is -3.11. The van der Waals surface area contributed by atoms with Gasteiger partial charge in [0.1, 0.15) is 11.4 Å². The molecule has 0 bridgehead atoms. The third kappa shape index (κ3) is 5.12. The van der Waals surface area contributed by atoms with Crippen molar-refractivity contribution in [1.29, 1.82) is 0 Å². The number of piperidine rings is 1. The highest BCUT2D eigenvalue weighted by atomic mass is 32.2. The van der Waals surface area contributed by atoms with Crippen LogP contribution in [0.15, 0.2) is 58.2 Å². The molecule has 0 radical (unpaired) electrons. The van der Waals surface area contributed by atoms with Gasteiger partial charge in [-0.25, -0.2) is 8.42 Å². The second-order valence-corrected chi connectivity index (χ2v) is 9.89. The van der Waals surface area contributed by atoms with E-state index in [1.807, 2.05) is 38.1 Å². The first-order chi connectivity index (χ1) is 15.9. The highest BCUT2D eigenvalue weighted by Crippen LogP contribution is 2.28. The first-order valence-electron chi connectivity index (χ1n) is 11.0. The monoisotopic (exact) mass is 472 g/mol. The van der Waals surface area contributed by atoms with Gasteiger partial charge in [0, 0.05) is 19.3 Å². The number of hydrogen-bond acceptors (Lipinski definition) is 6. The minimum absolute atomic E-state index is 0.115. The Morgan fingerprint density at radius 2 is 2.06 bits per heavy atom. The number of amides is 1. The summed E-state index contributed by atoms with van der Waals surface area (Å²) in [6.07, 6.45) is 2.79. The normalized spacial score (nSPS) is 18.1. The highest BCUT2D eigenvalue weighted by Gasteiger charge is 2.35. The Morgan fingerprint density at radius 3 is 2.76 bits per heavy atom. The Balaban J connectivity index is 1.40. The fraction of sp³-hybridized carbons (Fsp3) is 0.391. The lowest BCUT2D eigenvalue weighted by Crippen LogP contribution is -2.45. The molecule has 33 heavy (non-hydrogen) atoms. The number of nitrogens with zero attached hydrogens (tertiary/aromatic N) is 2. The molecule has 1 amide bonds. The summed E-state index contributed by atoms with van der Waals surface area (Å²) in [5.74, 6) is 0.581. The van der Waals surface area contributed by atoms with Gasteiger partial charge in [0.25, 0.3) is 10.0 Å². The summed E-state index contributed by atoms with van der Waals surface area (Å²) in [7, 11) is -3.85. The van der Waals surface area contributed by atoms with Crippen molar-refractivity contribution in [1.82, 2.24) is 19.8 Å². The molecule has 1 fully saturated rings. The van der Waals surface area contributed by atoms with Crippen LogP contribution in [0.2, 0.25) is 0 Å². The van der Waals surface area contributed by atoms with Gasteiger partial charge in [0.15, 0.2) is 5.76 Å². The molecule has 10 heteroatoms. The van der Waals surface area contributed by atoms with E-state index in [0.717, 1.165) is 11.3 Å². The third-order valence-electron chi connectivity index (χ3n) is 5.75. The Labute approximate surface area is 193 Å². The molecular formula is C23H28N4O5S. The first-order valence-corrected chi connectivity index (χ1v) is 12.5. The maximum absolute atomic E-state index is 13.1. The molecule has 1 aliphatic rings. The van der Waals surface area contributed by atoms with Gasteiger partial charge in [-0.2, -0.15) is 9.40 Å². The molecular weight excluding hydrogens is 444 g/mol. The van der Waals surface area contributed by atoms with Gasteiger partial charge in [0.05, 0.1) is 18.6 Å². The largest absolute Gasteiger partial charge is 0.494 e. The van der Waals surface area contributed by atoms with Crippen LogP contribution in [0.5, 0.6) is 5.75 Å². The van der Waals surface area contributed by atoms with Crippen molar-refractivity contribution in [2.24, 2.45) is 5.92 Å². The first kappa shape index (κ1) is 23.1. The second-order valence-electron chi connectivity index (χ2n) is 8.02. The fourth-order valence-corrected chi connectivity index (χ4v) is 5.37. The average molecular weight is 473 g/mol. The number of aromatic nitrogens is 2. The maximum atomic E-state index is 13.1. The zero-order valence-corrected chi connectivity index (χ0v) is 19.5. The number of hydrogen-bond donors (Lipinski definition) is 2. The number of carbonyl (C=O) groups excluding carboxylic acids is 1.